The van der Waals surface area contributed by atoms with Gasteiger partial charge in [0.05, 0.1) is 6.61 Å². The van der Waals surface area contributed by atoms with Gasteiger partial charge >= 0.3 is 0 Å². The number of nitrogens with one attached hydrogen (secondary N) is 1. The summed E-state index contributed by atoms with van der Waals surface area (Å²) in [6.45, 7) is 5.60. The summed E-state index contributed by atoms with van der Waals surface area (Å²) in [4.78, 5) is 0. The minimum atomic E-state index is 0.299. The van der Waals surface area contributed by atoms with Gasteiger partial charge in [0.15, 0.2) is 0 Å². The van der Waals surface area contributed by atoms with Gasteiger partial charge in [0.1, 0.15) is 6.23 Å². The minimum absolute atomic E-state index is 0.299. The highest BCUT2D eigenvalue weighted by Crippen LogP contribution is 2.01. The molecule has 0 aromatic heterocycles. The second-order valence-corrected chi connectivity index (χ2v) is 1.96. The minimum Gasteiger partial charge on any atom is -0.362 e. The van der Waals surface area contributed by atoms with Gasteiger partial charge in [-0.25, -0.2) is 0 Å². The third-order valence-electron chi connectivity index (χ3n) is 1.26. The zero-order valence-corrected chi connectivity index (χ0v) is 5.02. The Morgan fingerprint density at radius 3 is 3.12 bits per heavy atom. The summed E-state index contributed by atoms with van der Waals surface area (Å²) < 4.78 is 5.24. The summed E-state index contributed by atoms with van der Waals surface area (Å²) >= 11 is 0. The average Bonchev–Trinajstić information content (AvgIpc) is 2.19. The molecule has 1 aliphatic rings. The molecule has 1 fully saturated rings. The quantitative estimate of drug-likeness (QED) is 0.566. The molecular weight excluding hydrogens is 102 g/mol. The molecule has 1 rings (SSSR count). The van der Waals surface area contributed by atoms with Gasteiger partial charge in [-0.15, -0.1) is 0 Å². The van der Waals surface area contributed by atoms with Crippen molar-refractivity contribution in [3.8, 4) is 0 Å². The van der Waals surface area contributed by atoms with E-state index in [1.165, 1.54) is 0 Å². The summed E-state index contributed by atoms with van der Waals surface area (Å²) in [7, 11) is 0. The first kappa shape index (κ1) is 6.05. The van der Waals surface area contributed by atoms with Gasteiger partial charge in [-0.2, -0.15) is 0 Å². The van der Waals surface area contributed by atoms with Gasteiger partial charge in [0, 0.05) is 6.54 Å². The van der Waals surface area contributed by atoms with E-state index in [0.717, 1.165) is 26.0 Å². The van der Waals surface area contributed by atoms with Crippen molar-refractivity contribution in [2.24, 2.45) is 0 Å². The van der Waals surface area contributed by atoms with E-state index in [-0.39, 0.29) is 0 Å². The van der Waals surface area contributed by atoms with Gasteiger partial charge in [0.25, 0.3) is 0 Å². The zero-order valence-electron chi connectivity index (χ0n) is 5.02. The Morgan fingerprint density at radius 2 is 2.62 bits per heavy atom. The first-order chi connectivity index (χ1) is 3.93. The van der Waals surface area contributed by atoms with Crippen LogP contribution >= 0.6 is 0 Å². The third-order valence-corrected chi connectivity index (χ3v) is 1.26. The maximum Gasteiger partial charge on any atom is 0.108 e. The van der Waals surface area contributed by atoms with Crippen molar-refractivity contribution < 1.29 is 4.74 Å². The van der Waals surface area contributed by atoms with Crippen molar-refractivity contribution in [1.29, 1.82) is 0 Å². The van der Waals surface area contributed by atoms with Crippen molar-refractivity contribution in [2.45, 2.75) is 19.1 Å². The van der Waals surface area contributed by atoms with E-state index in [2.05, 4.69) is 12.2 Å². The Labute approximate surface area is 50.2 Å². The van der Waals surface area contributed by atoms with E-state index >= 15 is 0 Å². The predicted octanol–water partition coefficient (Wildman–Crippen LogP) is 0.547. The highest BCUT2D eigenvalue weighted by Gasteiger charge is 2.11. The monoisotopic (exact) mass is 114 g/mol. The van der Waals surface area contributed by atoms with Crippen molar-refractivity contribution in [2.75, 3.05) is 13.2 Å². The molecule has 2 heteroatoms. The second kappa shape index (κ2) is 3.05. The molecule has 1 unspecified atom stereocenters. The van der Waals surface area contributed by atoms with E-state index in [1.54, 1.807) is 0 Å². The Hall–Kier alpha value is -0.0800. The molecule has 0 spiro atoms. The molecule has 0 bridgehead atoms. The van der Waals surface area contributed by atoms with Crippen molar-refractivity contribution in [1.82, 2.24) is 5.32 Å². The van der Waals surface area contributed by atoms with E-state index < -0.39 is 0 Å². The van der Waals surface area contributed by atoms with E-state index in [0.29, 0.717) is 6.23 Å². The van der Waals surface area contributed by atoms with Crippen molar-refractivity contribution in [3.05, 3.63) is 6.92 Å². The molecule has 2 nitrogen and oxygen atoms in total. The Bertz CT molecular complexity index is 59.5. The molecule has 1 aliphatic heterocycles. The SMILES string of the molecule is [CH2]CCC1NCCO1. The molecule has 47 valence electrons. The molecule has 0 saturated carbocycles. The number of rotatable bonds is 2. The second-order valence-electron chi connectivity index (χ2n) is 1.96. The van der Waals surface area contributed by atoms with Crippen LogP contribution in [0.1, 0.15) is 12.8 Å². The molecule has 1 atom stereocenters. The zero-order chi connectivity index (χ0) is 5.82. The van der Waals surface area contributed by atoms with Crippen LogP contribution in [0.5, 0.6) is 0 Å². The molecule has 1 saturated heterocycles. The van der Waals surface area contributed by atoms with Crippen LogP contribution in [-0.2, 0) is 4.74 Å². The first-order valence-electron chi connectivity index (χ1n) is 3.07. The fourth-order valence-electron chi connectivity index (χ4n) is 0.851. The fraction of sp³-hybridized carbons (Fsp3) is 0.833. The molecule has 1 N–H and O–H groups in total. The van der Waals surface area contributed by atoms with Crippen LogP contribution in [-0.4, -0.2) is 19.4 Å². The molecule has 0 aromatic carbocycles. The lowest BCUT2D eigenvalue weighted by atomic mass is 10.3. The topological polar surface area (TPSA) is 21.3 Å². The lowest BCUT2D eigenvalue weighted by molar-refractivity contribution is 0.0950. The smallest absolute Gasteiger partial charge is 0.108 e. The van der Waals surface area contributed by atoms with Crippen LogP contribution in [0.25, 0.3) is 0 Å². The molecule has 1 radical (unpaired) electrons. The highest BCUT2D eigenvalue weighted by atomic mass is 16.5. The Kier molecular flexibility index (Phi) is 2.30. The molecule has 0 amide bonds. The van der Waals surface area contributed by atoms with Crippen LogP contribution in [0.2, 0.25) is 0 Å². The summed E-state index contributed by atoms with van der Waals surface area (Å²) in [6.07, 6.45) is 2.30. The molecule has 0 aromatic rings. The number of hydrogen-bond acceptors (Lipinski definition) is 2. The van der Waals surface area contributed by atoms with E-state index in [1.807, 2.05) is 0 Å². The van der Waals surface area contributed by atoms with Gasteiger partial charge in [-0.1, -0.05) is 6.92 Å². The Balaban J connectivity index is 2.06. The van der Waals surface area contributed by atoms with Crippen molar-refractivity contribution in [3.63, 3.8) is 0 Å². The van der Waals surface area contributed by atoms with Gasteiger partial charge < -0.3 is 4.74 Å². The van der Waals surface area contributed by atoms with Crippen molar-refractivity contribution >= 4 is 0 Å². The van der Waals surface area contributed by atoms with E-state index in [9.17, 15) is 0 Å². The third kappa shape index (κ3) is 1.46. The molecule has 1 heterocycles. The van der Waals surface area contributed by atoms with Gasteiger partial charge in [-0.05, 0) is 12.8 Å². The van der Waals surface area contributed by atoms with E-state index in [4.69, 9.17) is 4.74 Å². The Morgan fingerprint density at radius 1 is 1.75 bits per heavy atom. The van der Waals surface area contributed by atoms with Crippen LogP contribution in [0, 0.1) is 6.92 Å². The summed E-state index contributed by atoms with van der Waals surface area (Å²) in [5, 5.41) is 3.20. The van der Waals surface area contributed by atoms with Crippen LogP contribution in [0.15, 0.2) is 0 Å². The standard InChI is InChI=1S/C6H12NO/c1-2-3-6-7-4-5-8-6/h6-7H,1-5H2. The molecule has 0 aliphatic carbocycles. The molecule has 8 heavy (non-hydrogen) atoms. The van der Waals surface area contributed by atoms with Crippen LogP contribution in [0.3, 0.4) is 0 Å². The lowest BCUT2D eigenvalue weighted by Gasteiger charge is -2.05. The summed E-state index contributed by atoms with van der Waals surface area (Å²) in [5.74, 6) is 0. The first-order valence-corrected chi connectivity index (χ1v) is 3.07. The largest absolute Gasteiger partial charge is 0.362 e. The lowest BCUT2D eigenvalue weighted by Crippen LogP contribution is -2.21. The molecular formula is C6H12NO. The maximum atomic E-state index is 5.24. The average molecular weight is 114 g/mol. The number of hydrogen-bond donors (Lipinski definition) is 1. The van der Waals surface area contributed by atoms with Gasteiger partial charge in [0.2, 0.25) is 0 Å². The predicted molar refractivity (Wildman–Crippen MR) is 32.3 cm³/mol. The maximum absolute atomic E-state index is 5.24. The normalized spacial score (nSPS) is 28.9. The number of ether oxygens (including phenoxy) is 1. The van der Waals surface area contributed by atoms with Crippen LogP contribution < -0.4 is 5.32 Å². The van der Waals surface area contributed by atoms with Crippen LogP contribution in [0.4, 0.5) is 0 Å². The fourth-order valence-corrected chi connectivity index (χ4v) is 0.851. The summed E-state index contributed by atoms with van der Waals surface area (Å²) in [6, 6.07) is 0. The summed E-state index contributed by atoms with van der Waals surface area (Å²) in [5.41, 5.74) is 0. The van der Waals surface area contributed by atoms with Gasteiger partial charge in [-0.3, -0.25) is 5.32 Å². The highest BCUT2D eigenvalue weighted by molar-refractivity contribution is 4.62.